The maximum absolute atomic E-state index is 10.9. The minimum absolute atomic E-state index is 0.417. The van der Waals surface area contributed by atoms with Gasteiger partial charge in [0.1, 0.15) is 0 Å². The minimum atomic E-state index is -0.417. The molecule has 1 aromatic rings. The Bertz CT molecular complexity index is 368. The number of primary amides is 1. The Morgan fingerprint density at radius 3 is 2.75 bits per heavy atom. The number of rotatable bonds is 6. The van der Waals surface area contributed by atoms with Crippen molar-refractivity contribution in [1.82, 2.24) is 5.32 Å². The first-order chi connectivity index (χ1) is 7.65. The van der Waals surface area contributed by atoms with Crippen LogP contribution in [0.1, 0.15) is 17.3 Å². The normalized spacial score (nSPS) is 10.1. The summed E-state index contributed by atoms with van der Waals surface area (Å²) in [4.78, 5) is 10.9. The fourth-order valence-electron chi connectivity index (χ4n) is 1.27. The highest BCUT2D eigenvalue weighted by Crippen LogP contribution is 2.23. The summed E-state index contributed by atoms with van der Waals surface area (Å²) in [6.07, 6.45) is 0. The summed E-state index contributed by atoms with van der Waals surface area (Å²) in [5.74, 6) is -0.417. The van der Waals surface area contributed by atoms with Crippen LogP contribution in [0.4, 0.5) is 5.69 Å². The highest BCUT2D eigenvalue weighted by atomic mass is 79.9. The largest absolute Gasteiger partial charge is 0.383 e. The number of nitrogens with two attached hydrogens (primary N) is 1. The number of carbonyl (C=O) groups is 1. The fraction of sp³-hybridized carbons (Fsp3) is 0.364. The number of likely N-dealkylation sites (N-methyl/N-ethyl adjacent to an activating group) is 1. The third-order valence-corrected chi connectivity index (χ3v) is 2.78. The van der Waals surface area contributed by atoms with E-state index in [2.05, 4.69) is 33.5 Å². The van der Waals surface area contributed by atoms with Crippen LogP contribution in [0.2, 0.25) is 0 Å². The summed E-state index contributed by atoms with van der Waals surface area (Å²) in [5.41, 5.74) is 6.65. The number of carbonyl (C=O) groups excluding carboxylic acids is 1. The van der Waals surface area contributed by atoms with Gasteiger partial charge >= 0.3 is 0 Å². The standard InChI is InChI=1S/C11H16BrN3O/c1-2-14-5-6-15-10-4-3-8(11(13)16)7-9(10)12/h3-4,7,14-15H,2,5-6H2,1H3,(H2,13,16). The van der Waals surface area contributed by atoms with E-state index in [4.69, 9.17) is 5.73 Å². The lowest BCUT2D eigenvalue weighted by Crippen LogP contribution is -2.21. The first kappa shape index (κ1) is 13.0. The van der Waals surface area contributed by atoms with E-state index in [0.29, 0.717) is 5.56 Å². The molecule has 0 fully saturated rings. The second-order valence-corrected chi connectivity index (χ2v) is 4.19. The molecule has 16 heavy (non-hydrogen) atoms. The molecule has 0 aliphatic carbocycles. The molecular weight excluding hydrogens is 270 g/mol. The SMILES string of the molecule is CCNCCNc1ccc(C(N)=O)cc1Br. The van der Waals surface area contributed by atoms with Crippen LogP contribution >= 0.6 is 15.9 Å². The molecule has 1 amide bonds. The van der Waals surface area contributed by atoms with Crippen molar-refractivity contribution in [2.24, 2.45) is 5.73 Å². The average Bonchev–Trinajstić information content (AvgIpc) is 2.26. The Morgan fingerprint density at radius 1 is 1.44 bits per heavy atom. The zero-order chi connectivity index (χ0) is 12.0. The molecule has 0 aliphatic rings. The molecule has 0 saturated carbocycles. The zero-order valence-corrected chi connectivity index (χ0v) is 10.8. The van der Waals surface area contributed by atoms with Crippen LogP contribution < -0.4 is 16.4 Å². The number of hydrogen-bond donors (Lipinski definition) is 3. The summed E-state index contributed by atoms with van der Waals surface area (Å²) < 4.78 is 0.847. The lowest BCUT2D eigenvalue weighted by atomic mass is 10.2. The maximum Gasteiger partial charge on any atom is 0.248 e. The molecule has 0 spiro atoms. The molecule has 88 valence electrons. The Kier molecular flexibility index (Phi) is 5.28. The van der Waals surface area contributed by atoms with E-state index >= 15 is 0 Å². The van der Waals surface area contributed by atoms with Crippen molar-refractivity contribution in [1.29, 1.82) is 0 Å². The molecule has 0 radical (unpaired) electrons. The van der Waals surface area contributed by atoms with Gasteiger partial charge in [-0.05, 0) is 40.7 Å². The van der Waals surface area contributed by atoms with Gasteiger partial charge in [-0.25, -0.2) is 0 Å². The van der Waals surface area contributed by atoms with E-state index in [1.54, 1.807) is 12.1 Å². The smallest absolute Gasteiger partial charge is 0.248 e. The molecule has 0 saturated heterocycles. The van der Waals surface area contributed by atoms with Gasteiger partial charge < -0.3 is 16.4 Å². The van der Waals surface area contributed by atoms with Gasteiger partial charge in [-0.1, -0.05) is 6.92 Å². The summed E-state index contributed by atoms with van der Waals surface area (Å²) in [6.45, 7) is 4.77. The number of nitrogens with one attached hydrogen (secondary N) is 2. The molecule has 0 atom stereocenters. The van der Waals surface area contributed by atoms with Crippen LogP contribution in [0.15, 0.2) is 22.7 Å². The first-order valence-corrected chi connectivity index (χ1v) is 5.98. The molecule has 0 aromatic heterocycles. The lowest BCUT2D eigenvalue weighted by molar-refractivity contribution is 0.100. The Labute approximate surface area is 104 Å². The van der Waals surface area contributed by atoms with Crippen LogP contribution in [0, 0.1) is 0 Å². The summed E-state index contributed by atoms with van der Waals surface area (Å²) in [6, 6.07) is 5.27. The Morgan fingerprint density at radius 2 is 2.19 bits per heavy atom. The topological polar surface area (TPSA) is 67.2 Å². The van der Waals surface area contributed by atoms with E-state index in [9.17, 15) is 4.79 Å². The second-order valence-electron chi connectivity index (χ2n) is 3.34. The van der Waals surface area contributed by atoms with E-state index < -0.39 is 5.91 Å². The summed E-state index contributed by atoms with van der Waals surface area (Å²) in [5, 5.41) is 6.47. The number of benzene rings is 1. The van der Waals surface area contributed by atoms with Crippen molar-refractivity contribution in [3.05, 3.63) is 28.2 Å². The van der Waals surface area contributed by atoms with Gasteiger partial charge in [0.05, 0.1) is 0 Å². The first-order valence-electron chi connectivity index (χ1n) is 5.19. The van der Waals surface area contributed by atoms with Crippen molar-refractivity contribution in [2.45, 2.75) is 6.92 Å². The molecule has 4 N–H and O–H groups in total. The van der Waals surface area contributed by atoms with Crippen LogP contribution in [-0.4, -0.2) is 25.5 Å². The van der Waals surface area contributed by atoms with Gasteiger partial charge in [0.25, 0.3) is 0 Å². The quantitative estimate of drug-likeness (QED) is 0.695. The number of anilines is 1. The van der Waals surface area contributed by atoms with E-state index in [-0.39, 0.29) is 0 Å². The predicted octanol–water partition coefficient (Wildman–Crippen LogP) is 1.57. The zero-order valence-electron chi connectivity index (χ0n) is 9.22. The number of amides is 1. The molecule has 0 aliphatic heterocycles. The molecule has 1 aromatic carbocycles. The average molecular weight is 286 g/mol. The van der Waals surface area contributed by atoms with Gasteiger partial charge in [-0.2, -0.15) is 0 Å². The lowest BCUT2D eigenvalue weighted by Gasteiger charge is -2.09. The van der Waals surface area contributed by atoms with Crippen molar-refractivity contribution in [3.8, 4) is 0 Å². The Balaban J connectivity index is 2.57. The van der Waals surface area contributed by atoms with Crippen molar-refractivity contribution >= 4 is 27.5 Å². The summed E-state index contributed by atoms with van der Waals surface area (Å²) >= 11 is 3.39. The van der Waals surface area contributed by atoms with E-state index in [1.807, 2.05) is 6.07 Å². The third-order valence-electron chi connectivity index (χ3n) is 2.12. The minimum Gasteiger partial charge on any atom is -0.383 e. The summed E-state index contributed by atoms with van der Waals surface area (Å²) in [7, 11) is 0. The molecular formula is C11H16BrN3O. The molecule has 0 unspecified atom stereocenters. The predicted molar refractivity (Wildman–Crippen MR) is 69.7 cm³/mol. The van der Waals surface area contributed by atoms with Crippen molar-refractivity contribution in [3.63, 3.8) is 0 Å². The van der Waals surface area contributed by atoms with E-state index in [0.717, 1.165) is 29.8 Å². The highest BCUT2D eigenvalue weighted by molar-refractivity contribution is 9.10. The van der Waals surface area contributed by atoms with Crippen molar-refractivity contribution < 1.29 is 4.79 Å². The van der Waals surface area contributed by atoms with Gasteiger partial charge in [-0.15, -0.1) is 0 Å². The number of halogens is 1. The van der Waals surface area contributed by atoms with Crippen LogP contribution in [0.25, 0.3) is 0 Å². The van der Waals surface area contributed by atoms with Gasteiger partial charge in [0.15, 0.2) is 0 Å². The maximum atomic E-state index is 10.9. The van der Waals surface area contributed by atoms with Crippen LogP contribution in [-0.2, 0) is 0 Å². The van der Waals surface area contributed by atoms with Gasteiger partial charge in [-0.3, -0.25) is 4.79 Å². The third kappa shape index (κ3) is 3.83. The second kappa shape index (κ2) is 6.50. The van der Waals surface area contributed by atoms with E-state index in [1.165, 1.54) is 0 Å². The van der Waals surface area contributed by atoms with Gasteiger partial charge in [0, 0.05) is 28.8 Å². The molecule has 4 nitrogen and oxygen atoms in total. The molecule has 0 bridgehead atoms. The number of hydrogen-bond acceptors (Lipinski definition) is 3. The molecule has 0 heterocycles. The van der Waals surface area contributed by atoms with Crippen LogP contribution in [0.3, 0.4) is 0 Å². The highest BCUT2D eigenvalue weighted by Gasteiger charge is 2.04. The fourth-order valence-corrected chi connectivity index (χ4v) is 1.79. The monoisotopic (exact) mass is 285 g/mol. The molecule has 5 heteroatoms. The molecule has 1 rings (SSSR count). The Hall–Kier alpha value is -1.07. The van der Waals surface area contributed by atoms with Crippen LogP contribution in [0.5, 0.6) is 0 Å². The van der Waals surface area contributed by atoms with Gasteiger partial charge in [0.2, 0.25) is 5.91 Å². The van der Waals surface area contributed by atoms with Crippen molar-refractivity contribution in [2.75, 3.05) is 25.0 Å².